The fraction of sp³-hybridized carbons (Fsp3) is 0.778. The number of carbonyl (C=O) groups is 3. The summed E-state index contributed by atoms with van der Waals surface area (Å²) in [4.78, 5) is 62.9. The molecule has 0 saturated carbocycles. The predicted molar refractivity (Wildman–Crippen MR) is 315 cm³/mol. The minimum atomic E-state index is -1.86. The van der Waals surface area contributed by atoms with Crippen LogP contribution < -0.4 is 5.43 Å². The van der Waals surface area contributed by atoms with E-state index in [9.17, 15) is 39.6 Å². The molecule has 472 valence electrons. The summed E-state index contributed by atoms with van der Waals surface area (Å²) in [5.41, 5.74) is -2.31. The maximum absolute atomic E-state index is 14.7. The highest BCUT2D eigenvalue weighted by atomic mass is 16.7. The van der Waals surface area contributed by atoms with Gasteiger partial charge in [0.2, 0.25) is 5.43 Å². The van der Waals surface area contributed by atoms with Gasteiger partial charge in [-0.05, 0) is 132 Å². The Morgan fingerprint density at radius 2 is 1.60 bits per heavy atom. The largest absolute Gasteiger partial charge is 0.462 e. The van der Waals surface area contributed by atoms with Crippen LogP contribution in [0.25, 0.3) is 10.9 Å². The van der Waals surface area contributed by atoms with Gasteiger partial charge in [-0.3, -0.25) is 19.3 Å². The van der Waals surface area contributed by atoms with Gasteiger partial charge in [0.25, 0.3) is 0 Å². The van der Waals surface area contributed by atoms with Crippen molar-refractivity contribution in [3.05, 3.63) is 45.2 Å². The number of aliphatic hydroxyl groups excluding tert-OH is 2. The number of aryl methyl sites for hydroxylation is 2. The topological polar surface area (TPSA) is 241 Å². The van der Waals surface area contributed by atoms with Crippen molar-refractivity contribution >= 4 is 28.8 Å². The Kier molecular flexibility index (Phi) is 22.8. The van der Waals surface area contributed by atoms with Gasteiger partial charge in [0.05, 0.1) is 61.0 Å². The molecule has 2 aromatic rings. The average Bonchev–Trinajstić information content (AvgIpc) is 3.01. The molecule has 1 aromatic heterocycles. The van der Waals surface area contributed by atoms with Crippen molar-refractivity contribution in [3.8, 4) is 11.8 Å². The number of benzene rings is 1. The van der Waals surface area contributed by atoms with Gasteiger partial charge < -0.3 is 77.6 Å². The molecule has 84 heavy (non-hydrogen) atoms. The normalized spacial score (nSPS) is 37.1. The Balaban J connectivity index is 1.03. The Hall–Kier alpha value is -4.12. The van der Waals surface area contributed by atoms with Crippen LogP contribution in [0, 0.1) is 29.6 Å². The molecule has 4 fully saturated rings. The van der Waals surface area contributed by atoms with Crippen molar-refractivity contribution in [2.45, 2.75) is 218 Å². The molecule has 5 aliphatic rings. The highest BCUT2D eigenvalue weighted by molar-refractivity contribution is 5.95. The summed E-state index contributed by atoms with van der Waals surface area (Å²) in [5, 5.41) is 48.8. The molecule has 7 rings (SSSR count). The number of carbonyl (C=O) groups excluding carboxylic acids is 3. The molecule has 21 nitrogen and oxygen atoms in total. The number of methoxy groups -OCH3 is 1. The van der Waals surface area contributed by atoms with Gasteiger partial charge in [0.1, 0.15) is 35.1 Å². The fourth-order valence-corrected chi connectivity index (χ4v) is 13.7. The summed E-state index contributed by atoms with van der Waals surface area (Å²) < 4.78 is 52.5. The van der Waals surface area contributed by atoms with Gasteiger partial charge in [0, 0.05) is 94.5 Å². The summed E-state index contributed by atoms with van der Waals surface area (Å²) in [5.74, 6) is 2.69. The third-order valence-electron chi connectivity index (χ3n) is 18.6. The highest BCUT2D eigenvalue weighted by Crippen LogP contribution is 2.41. The number of cyclic esters (lactones) is 1. The number of hydrogen-bond acceptors (Lipinski definition) is 20. The van der Waals surface area contributed by atoms with Crippen molar-refractivity contribution in [1.29, 1.82) is 0 Å². The fourth-order valence-electron chi connectivity index (χ4n) is 13.7. The number of esters is 3. The van der Waals surface area contributed by atoms with Gasteiger partial charge in [0.15, 0.2) is 18.7 Å². The van der Waals surface area contributed by atoms with Crippen LogP contribution in [0.5, 0.6) is 0 Å². The van der Waals surface area contributed by atoms with Crippen LogP contribution in [0.15, 0.2) is 23.1 Å². The van der Waals surface area contributed by atoms with Gasteiger partial charge in [-0.15, -0.1) is 0 Å². The number of aromatic nitrogens is 1. The average molecular weight is 1180 g/mol. The van der Waals surface area contributed by atoms with Crippen LogP contribution in [-0.4, -0.2) is 233 Å². The van der Waals surface area contributed by atoms with E-state index in [2.05, 4.69) is 21.6 Å². The number of nitrogens with zero attached hydrogens (tertiary/aromatic N) is 5. The first-order chi connectivity index (χ1) is 39.5. The quantitative estimate of drug-likeness (QED) is 0.119. The van der Waals surface area contributed by atoms with Crippen LogP contribution in [0.1, 0.15) is 136 Å². The summed E-state index contributed by atoms with van der Waals surface area (Å²) in [6.07, 6.45) is -5.46. The lowest BCUT2D eigenvalue weighted by Crippen LogP contribution is -2.61. The Morgan fingerprint density at radius 3 is 2.25 bits per heavy atom. The Labute approximate surface area is 497 Å². The molecule has 2 unspecified atom stereocenters. The molecule has 0 radical (unpaired) electrons. The summed E-state index contributed by atoms with van der Waals surface area (Å²) in [6.45, 7) is 24.6. The SMILES string of the molecule is CCOC(=O)c1cn2c3c(cc(C#CCN4CCN(CCC(=O)O[C@H]5[C@H](C)OC(O[C@H]6[C@H](C)[C@@H](OC7O[C@H](C)C[C@H](N(C)C)[C@H]7O)[C@](C)(O)C[C@@H](C)CN(C)[C@H](C)[C@@H](O)[C@](C)(O)[C@@H](CC)OC(=O)[C@@H]6C)C[C@]5(C)OC)CC4)cc3c1=O)CCC2. The van der Waals surface area contributed by atoms with Crippen LogP contribution >= 0.6 is 0 Å². The molecule has 6 heterocycles. The van der Waals surface area contributed by atoms with Crippen molar-refractivity contribution in [2.24, 2.45) is 17.8 Å². The second-order valence-corrected chi connectivity index (χ2v) is 25.7. The number of likely N-dealkylation sites (N-methyl/N-ethyl adjacent to an activating group) is 2. The Morgan fingerprint density at radius 1 is 0.905 bits per heavy atom. The van der Waals surface area contributed by atoms with E-state index in [-0.39, 0.29) is 61.3 Å². The number of ether oxygens (including phenoxy) is 8. The minimum Gasteiger partial charge on any atom is -0.462 e. The minimum absolute atomic E-state index is 0.0329. The summed E-state index contributed by atoms with van der Waals surface area (Å²) in [7, 11) is 7.13. The second-order valence-electron chi connectivity index (χ2n) is 25.7. The molecule has 4 N–H and O–H groups in total. The summed E-state index contributed by atoms with van der Waals surface area (Å²) >= 11 is 0. The van der Waals surface area contributed by atoms with Gasteiger partial charge in [-0.2, -0.15) is 0 Å². The monoisotopic (exact) mass is 1180 g/mol. The van der Waals surface area contributed by atoms with Crippen molar-refractivity contribution < 1.29 is 72.7 Å². The first-order valence-electron chi connectivity index (χ1n) is 30.6. The van der Waals surface area contributed by atoms with E-state index < -0.39 is 108 Å². The molecular formula is C63H99N5O16. The van der Waals surface area contributed by atoms with E-state index in [4.69, 9.17) is 37.9 Å². The number of aliphatic hydroxyl groups is 4. The van der Waals surface area contributed by atoms with E-state index >= 15 is 0 Å². The maximum atomic E-state index is 14.7. The van der Waals surface area contributed by atoms with E-state index in [1.54, 1.807) is 53.8 Å². The van der Waals surface area contributed by atoms with Crippen LogP contribution in [0.4, 0.5) is 0 Å². The third kappa shape index (κ3) is 15.4. The third-order valence-corrected chi connectivity index (χ3v) is 18.6. The molecule has 5 aliphatic heterocycles. The molecule has 0 spiro atoms. The molecule has 1 aromatic carbocycles. The van der Waals surface area contributed by atoms with Crippen molar-refractivity contribution in [2.75, 3.05) is 80.7 Å². The van der Waals surface area contributed by atoms with E-state index in [1.165, 1.54) is 14.0 Å². The molecular weight excluding hydrogens is 1080 g/mol. The zero-order valence-corrected chi connectivity index (χ0v) is 52.6. The standard InChI is InChI=1S/C63H99N5O16/c1-16-48-63(11,76)55(72)41(7)65(14)35-37(3)33-61(9,75)56(84-60-53(71)47(64(12)13)30-38(4)79-60)39(5)54(40(6)58(73)81-48)83-50-34-62(10,77-15)57(42(8)80-50)82-49(69)22-25-67-28-26-66(27-29-67)23-18-20-43-31-44-21-19-24-68-36-46(59(74)78-17-2)52(70)45(32-43)51(44)68/h31-32,36-42,47-48,50,53-57,60,71-72,75-76H,16-17,19,21-30,33-35H2,1-15H3/t37-,38-,39+,40-,41-,42+,47+,48-,50?,53-,54+,55-,56-,57+,60?,61-,62+,63-/m1/s1. The molecule has 0 aliphatic carbocycles. The lowest BCUT2D eigenvalue weighted by atomic mass is 9.77. The van der Waals surface area contributed by atoms with E-state index in [1.807, 2.05) is 69.3 Å². The van der Waals surface area contributed by atoms with Gasteiger partial charge in [-0.1, -0.05) is 32.6 Å². The molecule has 21 heteroatoms. The highest BCUT2D eigenvalue weighted by Gasteiger charge is 2.54. The van der Waals surface area contributed by atoms with Crippen LogP contribution in [0.2, 0.25) is 0 Å². The van der Waals surface area contributed by atoms with E-state index in [0.717, 1.165) is 55.7 Å². The van der Waals surface area contributed by atoms with Crippen LogP contribution in [-0.2, 0) is 60.4 Å². The molecule has 0 amide bonds. The Bertz CT molecular complexity index is 2700. The number of piperazine rings is 1. The number of rotatable bonds is 14. The first-order valence-corrected chi connectivity index (χ1v) is 30.6. The number of pyridine rings is 1. The van der Waals surface area contributed by atoms with Gasteiger partial charge >= 0.3 is 17.9 Å². The van der Waals surface area contributed by atoms with E-state index in [0.29, 0.717) is 38.0 Å². The predicted octanol–water partition coefficient (Wildman–Crippen LogP) is 3.95. The lowest BCUT2D eigenvalue weighted by Gasteiger charge is -2.49. The summed E-state index contributed by atoms with van der Waals surface area (Å²) in [6, 6.07) is 2.93. The van der Waals surface area contributed by atoms with Crippen LogP contribution in [0.3, 0.4) is 0 Å². The van der Waals surface area contributed by atoms with Crippen molar-refractivity contribution in [3.63, 3.8) is 0 Å². The maximum Gasteiger partial charge on any atom is 0.343 e. The lowest BCUT2D eigenvalue weighted by molar-refractivity contribution is -0.318. The zero-order chi connectivity index (χ0) is 61.7. The molecule has 18 atom stereocenters. The molecule has 0 bridgehead atoms. The number of hydrogen-bond donors (Lipinski definition) is 4. The molecule has 4 saturated heterocycles. The van der Waals surface area contributed by atoms with Gasteiger partial charge in [-0.25, -0.2) is 4.79 Å². The smallest absolute Gasteiger partial charge is 0.343 e. The first kappa shape index (κ1) is 67.4. The second kappa shape index (κ2) is 28.4. The zero-order valence-electron chi connectivity index (χ0n) is 52.6. The van der Waals surface area contributed by atoms with Crippen molar-refractivity contribution in [1.82, 2.24) is 24.2 Å².